The van der Waals surface area contributed by atoms with E-state index in [4.69, 9.17) is 0 Å². The summed E-state index contributed by atoms with van der Waals surface area (Å²) in [6, 6.07) is 5.52. The van der Waals surface area contributed by atoms with E-state index < -0.39 is 0 Å². The van der Waals surface area contributed by atoms with Gasteiger partial charge in [-0.3, -0.25) is 9.59 Å². The molecule has 1 atom stereocenters. The zero-order chi connectivity index (χ0) is 16.2. The van der Waals surface area contributed by atoms with E-state index in [1.165, 1.54) is 24.3 Å². The first kappa shape index (κ1) is 15.9. The summed E-state index contributed by atoms with van der Waals surface area (Å²) in [6.07, 6.45) is 3.11. The molecule has 2 fully saturated rings. The molecule has 0 radical (unpaired) electrons. The van der Waals surface area contributed by atoms with Crippen molar-refractivity contribution in [2.45, 2.75) is 25.3 Å². The highest BCUT2D eigenvalue weighted by Gasteiger charge is 2.29. The lowest BCUT2D eigenvalue weighted by Crippen LogP contribution is -2.55. The van der Waals surface area contributed by atoms with Gasteiger partial charge in [-0.25, -0.2) is 4.39 Å². The Bertz CT molecular complexity index is 562. The first-order chi connectivity index (χ1) is 11.1. The van der Waals surface area contributed by atoms with Crippen LogP contribution in [0.25, 0.3) is 0 Å². The maximum atomic E-state index is 12.9. The van der Waals surface area contributed by atoms with E-state index in [0.29, 0.717) is 31.7 Å². The van der Waals surface area contributed by atoms with Crippen LogP contribution >= 0.6 is 0 Å². The van der Waals surface area contributed by atoms with Gasteiger partial charge < -0.3 is 15.1 Å². The predicted molar refractivity (Wildman–Crippen MR) is 84.5 cm³/mol. The van der Waals surface area contributed by atoms with Crippen LogP contribution < -0.4 is 5.32 Å². The quantitative estimate of drug-likeness (QED) is 0.893. The molecule has 2 heterocycles. The molecule has 0 aliphatic carbocycles. The van der Waals surface area contributed by atoms with Crippen LogP contribution in [0.1, 0.15) is 29.6 Å². The maximum Gasteiger partial charge on any atom is 0.253 e. The topological polar surface area (TPSA) is 52.7 Å². The van der Waals surface area contributed by atoms with Gasteiger partial charge in [0.15, 0.2) is 0 Å². The Morgan fingerprint density at radius 3 is 2.26 bits per heavy atom. The van der Waals surface area contributed by atoms with Crippen molar-refractivity contribution in [1.82, 2.24) is 15.1 Å². The highest BCUT2D eigenvalue weighted by atomic mass is 19.1. The lowest BCUT2D eigenvalue weighted by Gasteiger charge is -2.37. The normalized spacial score (nSPS) is 22.0. The first-order valence-corrected chi connectivity index (χ1v) is 8.22. The van der Waals surface area contributed by atoms with E-state index in [0.717, 1.165) is 25.8 Å². The van der Waals surface area contributed by atoms with E-state index in [2.05, 4.69) is 5.32 Å². The summed E-state index contributed by atoms with van der Waals surface area (Å²) in [4.78, 5) is 28.4. The van der Waals surface area contributed by atoms with Crippen LogP contribution in [-0.4, -0.2) is 60.4 Å². The molecule has 124 valence electrons. The second-order valence-electron chi connectivity index (χ2n) is 6.13. The predicted octanol–water partition coefficient (Wildman–Crippen LogP) is 1.25. The Balaban J connectivity index is 1.54. The van der Waals surface area contributed by atoms with Crippen LogP contribution in [0.15, 0.2) is 24.3 Å². The summed E-state index contributed by atoms with van der Waals surface area (Å²) < 4.78 is 12.9. The summed E-state index contributed by atoms with van der Waals surface area (Å²) >= 11 is 0. The number of halogens is 1. The molecule has 1 aromatic carbocycles. The zero-order valence-electron chi connectivity index (χ0n) is 13.1. The van der Waals surface area contributed by atoms with Crippen molar-refractivity contribution in [2.24, 2.45) is 0 Å². The van der Waals surface area contributed by atoms with Gasteiger partial charge in [0.05, 0.1) is 6.04 Å². The molecule has 5 nitrogen and oxygen atoms in total. The number of carbonyl (C=O) groups is 2. The number of piperazine rings is 1. The van der Waals surface area contributed by atoms with Crippen LogP contribution in [0, 0.1) is 5.82 Å². The Hall–Kier alpha value is -1.95. The standard InChI is InChI=1S/C17H22FN3O2/c18-14-6-4-13(5-7-14)16(22)20-9-11-21(12-10-20)17(23)15-3-1-2-8-19-15/h4-7,15,19H,1-3,8-12H2. The van der Waals surface area contributed by atoms with Crippen LogP contribution in [-0.2, 0) is 4.79 Å². The molecule has 1 aromatic rings. The summed E-state index contributed by atoms with van der Waals surface area (Å²) in [5.41, 5.74) is 0.486. The molecule has 0 aromatic heterocycles. The maximum absolute atomic E-state index is 12.9. The number of piperidine rings is 1. The lowest BCUT2D eigenvalue weighted by molar-refractivity contribution is -0.135. The molecule has 6 heteroatoms. The molecular weight excluding hydrogens is 297 g/mol. The first-order valence-electron chi connectivity index (χ1n) is 8.22. The van der Waals surface area contributed by atoms with Crippen LogP contribution in [0.3, 0.4) is 0 Å². The smallest absolute Gasteiger partial charge is 0.253 e. The summed E-state index contributed by atoms with van der Waals surface area (Å²) in [5.74, 6) is -0.302. The van der Waals surface area contributed by atoms with Crippen molar-refractivity contribution in [1.29, 1.82) is 0 Å². The van der Waals surface area contributed by atoms with Gasteiger partial charge in [-0.1, -0.05) is 6.42 Å². The number of nitrogens with one attached hydrogen (secondary N) is 1. The Morgan fingerprint density at radius 2 is 1.65 bits per heavy atom. The van der Waals surface area contributed by atoms with Crippen molar-refractivity contribution in [3.8, 4) is 0 Å². The summed E-state index contributed by atoms with van der Waals surface area (Å²) in [5, 5.41) is 3.27. The van der Waals surface area contributed by atoms with Crippen LogP contribution in [0.2, 0.25) is 0 Å². The number of carbonyl (C=O) groups excluding carboxylic acids is 2. The second-order valence-corrected chi connectivity index (χ2v) is 6.13. The molecule has 3 rings (SSSR count). The van der Waals surface area contributed by atoms with E-state index >= 15 is 0 Å². The van der Waals surface area contributed by atoms with Gasteiger partial charge in [0.2, 0.25) is 5.91 Å². The van der Waals surface area contributed by atoms with Gasteiger partial charge in [0, 0.05) is 31.7 Å². The number of rotatable bonds is 2. The molecule has 0 saturated carbocycles. The molecule has 2 aliphatic rings. The summed E-state index contributed by atoms with van der Waals surface area (Å²) in [6.45, 7) is 3.07. The molecular formula is C17H22FN3O2. The molecule has 1 unspecified atom stereocenters. The van der Waals surface area contributed by atoms with Gasteiger partial charge in [-0.15, -0.1) is 0 Å². The summed E-state index contributed by atoms with van der Waals surface area (Å²) in [7, 11) is 0. The van der Waals surface area contributed by atoms with Gasteiger partial charge in [-0.05, 0) is 43.7 Å². The number of benzene rings is 1. The van der Waals surface area contributed by atoms with Crippen molar-refractivity contribution < 1.29 is 14.0 Å². The molecule has 0 spiro atoms. The Kier molecular flexibility index (Phi) is 4.91. The fourth-order valence-corrected chi connectivity index (χ4v) is 3.19. The number of hydrogen-bond acceptors (Lipinski definition) is 3. The fraction of sp³-hybridized carbons (Fsp3) is 0.529. The number of hydrogen-bond donors (Lipinski definition) is 1. The highest BCUT2D eigenvalue weighted by molar-refractivity contribution is 5.94. The molecule has 0 bridgehead atoms. The van der Waals surface area contributed by atoms with E-state index in [1.54, 1.807) is 4.90 Å². The number of nitrogens with zero attached hydrogens (tertiary/aromatic N) is 2. The zero-order valence-corrected chi connectivity index (χ0v) is 13.1. The van der Waals surface area contributed by atoms with Gasteiger partial charge in [0.25, 0.3) is 5.91 Å². The van der Waals surface area contributed by atoms with Gasteiger partial charge >= 0.3 is 0 Å². The third-order valence-electron chi connectivity index (χ3n) is 4.58. The largest absolute Gasteiger partial charge is 0.338 e. The van der Waals surface area contributed by atoms with E-state index in [9.17, 15) is 14.0 Å². The minimum atomic E-state index is -0.350. The van der Waals surface area contributed by atoms with Crippen molar-refractivity contribution >= 4 is 11.8 Å². The Morgan fingerprint density at radius 1 is 1.00 bits per heavy atom. The van der Waals surface area contributed by atoms with E-state index in [-0.39, 0.29) is 23.7 Å². The number of amides is 2. The SMILES string of the molecule is O=C(c1ccc(F)cc1)N1CCN(C(=O)C2CCCCN2)CC1. The lowest BCUT2D eigenvalue weighted by atomic mass is 10.0. The minimum absolute atomic E-state index is 0.0666. The fourth-order valence-electron chi connectivity index (χ4n) is 3.19. The third kappa shape index (κ3) is 3.69. The highest BCUT2D eigenvalue weighted by Crippen LogP contribution is 2.14. The van der Waals surface area contributed by atoms with Crippen molar-refractivity contribution in [3.05, 3.63) is 35.6 Å². The second kappa shape index (κ2) is 7.08. The average molecular weight is 319 g/mol. The monoisotopic (exact) mass is 319 g/mol. The third-order valence-corrected chi connectivity index (χ3v) is 4.58. The molecule has 2 aliphatic heterocycles. The van der Waals surface area contributed by atoms with E-state index in [1.807, 2.05) is 4.90 Å². The van der Waals surface area contributed by atoms with Crippen molar-refractivity contribution in [3.63, 3.8) is 0 Å². The van der Waals surface area contributed by atoms with Crippen LogP contribution in [0.4, 0.5) is 4.39 Å². The molecule has 2 amide bonds. The molecule has 2 saturated heterocycles. The van der Waals surface area contributed by atoms with Crippen LogP contribution in [0.5, 0.6) is 0 Å². The minimum Gasteiger partial charge on any atom is -0.338 e. The van der Waals surface area contributed by atoms with Gasteiger partial charge in [-0.2, -0.15) is 0 Å². The Labute approximate surface area is 135 Å². The van der Waals surface area contributed by atoms with Gasteiger partial charge in [0.1, 0.15) is 5.82 Å². The average Bonchev–Trinajstić information content (AvgIpc) is 2.62. The molecule has 1 N–H and O–H groups in total. The molecule has 23 heavy (non-hydrogen) atoms. The van der Waals surface area contributed by atoms with Crippen molar-refractivity contribution in [2.75, 3.05) is 32.7 Å².